The van der Waals surface area contributed by atoms with Crippen molar-refractivity contribution in [3.63, 3.8) is 0 Å². The van der Waals surface area contributed by atoms with Crippen LogP contribution >= 0.6 is 11.6 Å². The van der Waals surface area contributed by atoms with E-state index in [9.17, 15) is 9.59 Å². The Hall–Kier alpha value is -1.56. The van der Waals surface area contributed by atoms with Crippen molar-refractivity contribution in [1.82, 2.24) is 14.7 Å². The lowest BCUT2D eigenvalue weighted by molar-refractivity contribution is -0.145. The van der Waals surface area contributed by atoms with Gasteiger partial charge in [0, 0.05) is 13.1 Å². The van der Waals surface area contributed by atoms with Gasteiger partial charge in [0.05, 0.1) is 22.3 Å². The molecule has 0 saturated carbocycles. The molecule has 1 aromatic heterocycles. The first-order chi connectivity index (χ1) is 9.40. The lowest BCUT2D eigenvalue weighted by Crippen LogP contribution is -2.43. The van der Waals surface area contributed by atoms with Gasteiger partial charge >= 0.3 is 5.97 Å². The maximum Gasteiger partial charge on any atom is 0.308 e. The number of amides is 1. The van der Waals surface area contributed by atoms with Gasteiger partial charge in [-0.2, -0.15) is 5.10 Å². The summed E-state index contributed by atoms with van der Waals surface area (Å²) in [7, 11) is 0. The largest absolute Gasteiger partial charge is 0.481 e. The summed E-state index contributed by atoms with van der Waals surface area (Å²) in [4.78, 5) is 24.9. The topological polar surface area (TPSA) is 75.4 Å². The van der Waals surface area contributed by atoms with Crippen LogP contribution in [0.2, 0.25) is 5.02 Å². The quantitative estimate of drug-likeness (QED) is 0.917. The number of aromatic nitrogens is 2. The summed E-state index contributed by atoms with van der Waals surface area (Å²) in [6.45, 7) is 4.59. The molecular weight excluding hydrogens is 282 g/mol. The van der Waals surface area contributed by atoms with Crippen LogP contribution < -0.4 is 0 Å². The van der Waals surface area contributed by atoms with Gasteiger partial charge in [0.1, 0.15) is 6.54 Å². The second-order valence-corrected chi connectivity index (χ2v) is 5.54. The number of hydrogen-bond acceptors (Lipinski definition) is 3. The molecule has 0 spiro atoms. The minimum absolute atomic E-state index is 0.103. The number of halogens is 1. The maximum atomic E-state index is 12.2. The number of aliphatic carboxylic acids is 1. The van der Waals surface area contributed by atoms with Crippen LogP contribution in [0.5, 0.6) is 0 Å². The van der Waals surface area contributed by atoms with E-state index in [-0.39, 0.29) is 19.0 Å². The summed E-state index contributed by atoms with van der Waals surface area (Å²) in [6, 6.07) is 0. The number of carbonyl (C=O) groups is 2. The fourth-order valence-corrected chi connectivity index (χ4v) is 2.60. The van der Waals surface area contributed by atoms with E-state index in [0.717, 1.165) is 12.1 Å². The minimum Gasteiger partial charge on any atom is -0.481 e. The minimum atomic E-state index is -0.836. The zero-order valence-corrected chi connectivity index (χ0v) is 12.4. The van der Waals surface area contributed by atoms with E-state index in [1.54, 1.807) is 16.5 Å². The van der Waals surface area contributed by atoms with Crippen LogP contribution in [0.4, 0.5) is 0 Å². The highest BCUT2D eigenvalue weighted by Crippen LogP contribution is 2.20. The van der Waals surface area contributed by atoms with E-state index in [0.29, 0.717) is 23.7 Å². The average molecular weight is 300 g/mol. The molecule has 0 aromatic carbocycles. The SMILES string of the molecule is Cc1nn(CC(=O)N2CCC[C@@H](C(=O)O)C2)c(C)c1Cl. The predicted molar refractivity (Wildman–Crippen MR) is 73.7 cm³/mol. The first-order valence-corrected chi connectivity index (χ1v) is 6.98. The number of carboxylic acid groups (broad SMARTS) is 1. The van der Waals surface area contributed by atoms with Crippen molar-refractivity contribution in [2.45, 2.75) is 33.2 Å². The zero-order valence-electron chi connectivity index (χ0n) is 11.6. The first kappa shape index (κ1) is 14.8. The monoisotopic (exact) mass is 299 g/mol. The Morgan fingerprint density at radius 3 is 2.70 bits per heavy atom. The van der Waals surface area contributed by atoms with Crippen molar-refractivity contribution in [2.24, 2.45) is 5.92 Å². The van der Waals surface area contributed by atoms with Gasteiger partial charge in [-0.25, -0.2) is 0 Å². The van der Waals surface area contributed by atoms with Crippen LogP contribution in [0.3, 0.4) is 0 Å². The standard InChI is InChI=1S/C13H18ClN3O3/c1-8-12(14)9(2)17(15-8)7-11(18)16-5-3-4-10(6-16)13(19)20/h10H,3-7H2,1-2H3,(H,19,20)/t10-/m1/s1. The number of hydrogen-bond donors (Lipinski definition) is 1. The third-order valence-corrected chi connectivity index (χ3v) is 4.25. The number of rotatable bonds is 3. The molecule has 1 atom stereocenters. The number of likely N-dealkylation sites (tertiary alicyclic amines) is 1. The molecule has 2 rings (SSSR count). The van der Waals surface area contributed by atoms with Gasteiger partial charge in [0.2, 0.25) is 5.91 Å². The van der Waals surface area contributed by atoms with Gasteiger partial charge in [-0.3, -0.25) is 14.3 Å². The molecule has 0 radical (unpaired) electrons. The van der Waals surface area contributed by atoms with E-state index >= 15 is 0 Å². The summed E-state index contributed by atoms with van der Waals surface area (Å²) in [5, 5.41) is 13.8. The number of aryl methyl sites for hydroxylation is 1. The molecule has 1 amide bonds. The van der Waals surface area contributed by atoms with Gasteiger partial charge < -0.3 is 10.0 Å². The van der Waals surface area contributed by atoms with Crippen LogP contribution in [0.15, 0.2) is 0 Å². The summed E-state index contributed by atoms with van der Waals surface area (Å²) in [6.07, 6.45) is 1.35. The fraction of sp³-hybridized carbons (Fsp3) is 0.615. The van der Waals surface area contributed by atoms with E-state index in [1.165, 1.54) is 0 Å². The van der Waals surface area contributed by atoms with Crippen molar-refractivity contribution in [3.05, 3.63) is 16.4 Å². The molecule has 1 saturated heterocycles. The van der Waals surface area contributed by atoms with E-state index < -0.39 is 11.9 Å². The van der Waals surface area contributed by atoms with Crippen molar-refractivity contribution < 1.29 is 14.7 Å². The van der Waals surface area contributed by atoms with Crippen LogP contribution in [-0.4, -0.2) is 44.8 Å². The van der Waals surface area contributed by atoms with Gasteiger partial charge in [0.25, 0.3) is 0 Å². The van der Waals surface area contributed by atoms with Gasteiger partial charge in [-0.05, 0) is 26.7 Å². The van der Waals surface area contributed by atoms with Crippen molar-refractivity contribution in [1.29, 1.82) is 0 Å². The Morgan fingerprint density at radius 1 is 1.45 bits per heavy atom. The fourth-order valence-electron chi connectivity index (χ4n) is 2.46. The summed E-state index contributed by atoms with van der Waals surface area (Å²) < 4.78 is 1.57. The lowest BCUT2D eigenvalue weighted by Gasteiger charge is -2.30. The summed E-state index contributed by atoms with van der Waals surface area (Å²) in [5.41, 5.74) is 1.45. The Morgan fingerprint density at radius 2 is 2.15 bits per heavy atom. The third kappa shape index (κ3) is 2.95. The zero-order chi connectivity index (χ0) is 14.9. The summed E-state index contributed by atoms with van der Waals surface area (Å²) in [5.74, 6) is -1.41. The van der Waals surface area contributed by atoms with Crippen molar-refractivity contribution in [2.75, 3.05) is 13.1 Å². The molecule has 2 heterocycles. The number of piperidine rings is 1. The highest BCUT2D eigenvalue weighted by atomic mass is 35.5. The van der Waals surface area contributed by atoms with Crippen molar-refractivity contribution >= 4 is 23.5 Å². The number of carboxylic acids is 1. The summed E-state index contributed by atoms with van der Waals surface area (Å²) >= 11 is 6.05. The maximum absolute atomic E-state index is 12.2. The Labute approximate surface area is 122 Å². The lowest BCUT2D eigenvalue weighted by atomic mass is 9.98. The second kappa shape index (κ2) is 5.83. The smallest absolute Gasteiger partial charge is 0.308 e. The van der Waals surface area contributed by atoms with Gasteiger partial charge in [-0.1, -0.05) is 11.6 Å². The van der Waals surface area contributed by atoms with E-state index in [1.807, 2.05) is 6.92 Å². The van der Waals surface area contributed by atoms with E-state index in [4.69, 9.17) is 16.7 Å². The molecular formula is C13H18ClN3O3. The molecule has 110 valence electrons. The molecule has 0 bridgehead atoms. The highest BCUT2D eigenvalue weighted by molar-refractivity contribution is 6.31. The van der Waals surface area contributed by atoms with Crippen LogP contribution in [0.1, 0.15) is 24.2 Å². The predicted octanol–water partition coefficient (Wildman–Crippen LogP) is 1.48. The number of carbonyl (C=O) groups excluding carboxylic acids is 1. The molecule has 20 heavy (non-hydrogen) atoms. The molecule has 1 fully saturated rings. The molecule has 0 unspecified atom stereocenters. The average Bonchev–Trinajstić information content (AvgIpc) is 2.66. The Balaban J connectivity index is 2.04. The first-order valence-electron chi connectivity index (χ1n) is 6.60. The normalized spacial score (nSPS) is 19.1. The number of nitrogens with zero attached hydrogens (tertiary/aromatic N) is 3. The molecule has 1 N–H and O–H groups in total. The Bertz CT molecular complexity index is 541. The molecule has 7 heteroatoms. The molecule has 0 aliphatic carbocycles. The second-order valence-electron chi connectivity index (χ2n) is 5.16. The molecule has 1 aromatic rings. The molecule has 6 nitrogen and oxygen atoms in total. The Kier molecular flexibility index (Phi) is 4.32. The van der Waals surface area contributed by atoms with Crippen LogP contribution in [0.25, 0.3) is 0 Å². The molecule has 1 aliphatic rings. The van der Waals surface area contributed by atoms with Crippen molar-refractivity contribution in [3.8, 4) is 0 Å². The van der Waals surface area contributed by atoms with Gasteiger partial charge in [0.15, 0.2) is 0 Å². The van der Waals surface area contributed by atoms with Gasteiger partial charge in [-0.15, -0.1) is 0 Å². The van der Waals surface area contributed by atoms with Crippen LogP contribution in [-0.2, 0) is 16.1 Å². The highest BCUT2D eigenvalue weighted by Gasteiger charge is 2.28. The van der Waals surface area contributed by atoms with Crippen LogP contribution in [0, 0.1) is 19.8 Å². The third-order valence-electron chi connectivity index (χ3n) is 3.70. The molecule has 1 aliphatic heterocycles. The van der Waals surface area contributed by atoms with E-state index in [2.05, 4.69) is 5.10 Å².